The molecular formula is C22H20N4O3. The van der Waals surface area contributed by atoms with E-state index in [-0.39, 0.29) is 0 Å². The molecule has 2 aromatic carbocycles. The van der Waals surface area contributed by atoms with E-state index in [0.717, 1.165) is 22.4 Å². The van der Waals surface area contributed by atoms with Gasteiger partial charge in [-0.05, 0) is 35.9 Å². The molecule has 0 saturated heterocycles. The van der Waals surface area contributed by atoms with Gasteiger partial charge in [0.25, 0.3) is 5.89 Å². The Morgan fingerprint density at radius 1 is 0.931 bits per heavy atom. The predicted octanol–water partition coefficient (Wildman–Crippen LogP) is 4.32. The van der Waals surface area contributed by atoms with E-state index >= 15 is 0 Å². The van der Waals surface area contributed by atoms with Crippen molar-refractivity contribution >= 4 is 12.2 Å². The van der Waals surface area contributed by atoms with Crippen LogP contribution in [0.15, 0.2) is 59.3 Å². The second kappa shape index (κ2) is 8.02. The highest BCUT2D eigenvalue weighted by Crippen LogP contribution is 2.28. The smallest absolute Gasteiger partial charge is 0.250 e. The molecule has 7 nitrogen and oxygen atoms in total. The van der Waals surface area contributed by atoms with Crippen molar-refractivity contribution in [2.24, 2.45) is 7.05 Å². The minimum atomic E-state index is 0.417. The maximum Gasteiger partial charge on any atom is 0.250 e. The number of aromatic nitrogens is 4. The second-order valence-corrected chi connectivity index (χ2v) is 6.32. The van der Waals surface area contributed by atoms with E-state index in [1.165, 1.54) is 0 Å². The van der Waals surface area contributed by atoms with Gasteiger partial charge < -0.3 is 14.0 Å². The molecule has 0 aliphatic carbocycles. The lowest BCUT2D eigenvalue weighted by molar-refractivity contribution is 0.355. The highest BCUT2D eigenvalue weighted by molar-refractivity contribution is 5.70. The summed E-state index contributed by atoms with van der Waals surface area (Å²) in [5, 5.41) is 8.32. The molecule has 2 aromatic heterocycles. The molecule has 0 bridgehead atoms. The first-order chi connectivity index (χ1) is 14.2. The molecule has 0 aliphatic heterocycles. The maximum atomic E-state index is 5.38. The van der Waals surface area contributed by atoms with E-state index in [1.54, 1.807) is 26.5 Å². The third-order valence-electron chi connectivity index (χ3n) is 4.51. The number of aryl methyl sites for hydroxylation is 1. The molecule has 0 spiro atoms. The quantitative estimate of drug-likeness (QED) is 0.490. The van der Waals surface area contributed by atoms with Crippen LogP contribution < -0.4 is 9.47 Å². The summed E-state index contributed by atoms with van der Waals surface area (Å²) in [4.78, 5) is 4.47. The third-order valence-corrected chi connectivity index (χ3v) is 4.51. The van der Waals surface area contributed by atoms with Gasteiger partial charge in [-0.25, -0.2) is 0 Å². The van der Waals surface area contributed by atoms with Crippen molar-refractivity contribution in [2.45, 2.75) is 0 Å². The third kappa shape index (κ3) is 3.89. The van der Waals surface area contributed by atoms with Gasteiger partial charge in [0.2, 0.25) is 5.82 Å². The Kier molecular flexibility index (Phi) is 5.11. The fourth-order valence-corrected chi connectivity index (χ4v) is 3.02. The van der Waals surface area contributed by atoms with Gasteiger partial charge in [-0.15, -0.1) is 0 Å². The van der Waals surface area contributed by atoms with Gasteiger partial charge in [0.15, 0.2) is 11.5 Å². The summed E-state index contributed by atoms with van der Waals surface area (Å²) in [5.74, 6) is 2.28. The van der Waals surface area contributed by atoms with E-state index in [4.69, 9.17) is 14.0 Å². The van der Waals surface area contributed by atoms with Crippen LogP contribution in [0.3, 0.4) is 0 Å². The van der Waals surface area contributed by atoms with Gasteiger partial charge in [0.1, 0.15) is 0 Å². The number of nitrogens with zero attached hydrogens (tertiary/aromatic N) is 4. The van der Waals surface area contributed by atoms with Crippen LogP contribution in [0.4, 0.5) is 0 Å². The Bertz CT molecular complexity index is 1160. The van der Waals surface area contributed by atoms with Crippen molar-refractivity contribution in [1.29, 1.82) is 0 Å². The number of ether oxygens (including phenoxy) is 2. The molecule has 146 valence electrons. The molecular weight excluding hydrogens is 368 g/mol. The standard InChI is InChI=1S/C22H20N4O3/c1-26-18(11-12-23-26)16-5-4-6-17(14-16)22-24-21(29-25-22)10-8-15-7-9-19(27-2)20(13-15)28-3/h4-14H,1-3H3/b10-8+. The van der Waals surface area contributed by atoms with Crippen LogP contribution in [-0.4, -0.2) is 34.1 Å². The van der Waals surface area contributed by atoms with Crippen molar-refractivity contribution in [3.05, 3.63) is 66.2 Å². The van der Waals surface area contributed by atoms with Gasteiger partial charge in [0.05, 0.1) is 19.9 Å². The average molecular weight is 388 g/mol. The summed E-state index contributed by atoms with van der Waals surface area (Å²) >= 11 is 0. The number of rotatable bonds is 6. The average Bonchev–Trinajstić information content (AvgIpc) is 3.41. The Morgan fingerprint density at radius 2 is 1.76 bits per heavy atom. The summed E-state index contributed by atoms with van der Waals surface area (Å²) < 4.78 is 17.8. The Labute approximate surface area is 168 Å². The minimum absolute atomic E-state index is 0.417. The van der Waals surface area contributed by atoms with Crippen molar-refractivity contribution in [3.8, 4) is 34.1 Å². The van der Waals surface area contributed by atoms with Gasteiger partial charge >= 0.3 is 0 Å². The van der Waals surface area contributed by atoms with Crippen LogP contribution in [0.1, 0.15) is 11.5 Å². The van der Waals surface area contributed by atoms with Crippen LogP contribution in [-0.2, 0) is 7.05 Å². The highest BCUT2D eigenvalue weighted by Gasteiger charge is 2.10. The number of methoxy groups -OCH3 is 2. The normalized spacial score (nSPS) is 11.1. The first-order valence-corrected chi connectivity index (χ1v) is 9.00. The van der Waals surface area contributed by atoms with Crippen molar-refractivity contribution in [3.63, 3.8) is 0 Å². The zero-order valence-electron chi connectivity index (χ0n) is 16.4. The molecule has 4 rings (SSSR count). The summed E-state index contributed by atoms with van der Waals surface area (Å²) in [5.41, 5.74) is 3.86. The number of benzene rings is 2. The lowest BCUT2D eigenvalue weighted by atomic mass is 10.1. The molecule has 2 heterocycles. The van der Waals surface area contributed by atoms with Gasteiger partial charge in [-0.2, -0.15) is 10.1 Å². The van der Waals surface area contributed by atoms with E-state index < -0.39 is 0 Å². The van der Waals surface area contributed by atoms with Crippen LogP contribution in [0.2, 0.25) is 0 Å². The Balaban J connectivity index is 1.56. The molecule has 4 aromatic rings. The predicted molar refractivity (Wildman–Crippen MR) is 110 cm³/mol. The van der Waals surface area contributed by atoms with E-state index in [1.807, 2.05) is 66.3 Å². The fraction of sp³-hybridized carbons (Fsp3) is 0.136. The molecule has 0 radical (unpaired) electrons. The van der Waals surface area contributed by atoms with E-state index in [0.29, 0.717) is 23.2 Å². The molecule has 29 heavy (non-hydrogen) atoms. The largest absolute Gasteiger partial charge is 0.493 e. The van der Waals surface area contributed by atoms with Crippen LogP contribution in [0.25, 0.3) is 34.8 Å². The number of hydrogen-bond donors (Lipinski definition) is 0. The molecule has 0 amide bonds. The molecule has 0 saturated carbocycles. The van der Waals surface area contributed by atoms with Gasteiger partial charge in [0, 0.05) is 30.4 Å². The van der Waals surface area contributed by atoms with Crippen LogP contribution >= 0.6 is 0 Å². The highest BCUT2D eigenvalue weighted by atomic mass is 16.5. The zero-order chi connectivity index (χ0) is 20.2. The minimum Gasteiger partial charge on any atom is -0.493 e. The zero-order valence-corrected chi connectivity index (χ0v) is 16.4. The van der Waals surface area contributed by atoms with Gasteiger partial charge in [-0.1, -0.05) is 29.4 Å². The fourth-order valence-electron chi connectivity index (χ4n) is 3.02. The van der Waals surface area contributed by atoms with E-state index in [9.17, 15) is 0 Å². The molecule has 0 fully saturated rings. The first kappa shape index (κ1) is 18.5. The summed E-state index contributed by atoms with van der Waals surface area (Å²) in [7, 11) is 5.12. The molecule has 0 atom stereocenters. The molecule has 0 N–H and O–H groups in total. The summed E-state index contributed by atoms with van der Waals surface area (Å²) in [6.45, 7) is 0. The molecule has 0 aliphatic rings. The number of hydrogen-bond acceptors (Lipinski definition) is 6. The Morgan fingerprint density at radius 3 is 2.52 bits per heavy atom. The Hall–Kier alpha value is -3.87. The monoisotopic (exact) mass is 388 g/mol. The van der Waals surface area contributed by atoms with Gasteiger partial charge in [-0.3, -0.25) is 4.68 Å². The second-order valence-electron chi connectivity index (χ2n) is 6.32. The topological polar surface area (TPSA) is 75.2 Å². The summed E-state index contributed by atoms with van der Waals surface area (Å²) in [6, 6.07) is 15.6. The maximum absolute atomic E-state index is 5.38. The SMILES string of the molecule is COc1ccc(/C=C/c2nc(-c3cccc(-c4ccnn4C)c3)no2)cc1OC. The molecule has 7 heteroatoms. The van der Waals surface area contributed by atoms with Crippen LogP contribution in [0.5, 0.6) is 11.5 Å². The van der Waals surface area contributed by atoms with Crippen molar-refractivity contribution < 1.29 is 14.0 Å². The van der Waals surface area contributed by atoms with Crippen molar-refractivity contribution in [2.75, 3.05) is 14.2 Å². The molecule has 0 unspecified atom stereocenters. The van der Waals surface area contributed by atoms with Crippen molar-refractivity contribution in [1.82, 2.24) is 19.9 Å². The summed E-state index contributed by atoms with van der Waals surface area (Å²) in [6.07, 6.45) is 5.42. The van der Waals surface area contributed by atoms with E-state index in [2.05, 4.69) is 15.2 Å². The first-order valence-electron chi connectivity index (χ1n) is 9.00. The lowest BCUT2D eigenvalue weighted by Gasteiger charge is -2.07. The van der Waals surface area contributed by atoms with Crippen LogP contribution in [0, 0.1) is 0 Å². The lowest BCUT2D eigenvalue weighted by Crippen LogP contribution is -1.93.